The van der Waals surface area contributed by atoms with Gasteiger partial charge in [-0.1, -0.05) is 0 Å². The molecular formula is C7H16N2O2. The zero-order valence-corrected chi connectivity index (χ0v) is 6.75. The van der Waals surface area contributed by atoms with Gasteiger partial charge < -0.3 is 15.2 Å². The van der Waals surface area contributed by atoms with Crippen molar-refractivity contribution in [3.8, 4) is 0 Å². The number of nitrogens with zero attached hydrogens (tertiary/aromatic N) is 1. The fourth-order valence-electron chi connectivity index (χ4n) is 1.19. The van der Waals surface area contributed by atoms with Crippen molar-refractivity contribution in [1.29, 1.82) is 0 Å². The Balaban J connectivity index is 1.96. The molecule has 1 aliphatic rings. The molecule has 0 amide bonds. The Morgan fingerprint density at radius 3 is 2.73 bits per heavy atom. The van der Waals surface area contributed by atoms with Gasteiger partial charge >= 0.3 is 0 Å². The summed E-state index contributed by atoms with van der Waals surface area (Å²) in [6, 6.07) is 0. The number of aliphatic hydroxyl groups excluding tert-OH is 1. The zero-order valence-electron chi connectivity index (χ0n) is 6.75. The van der Waals surface area contributed by atoms with E-state index in [0.29, 0.717) is 6.61 Å². The van der Waals surface area contributed by atoms with Crippen LogP contribution in [0.15, 0.2) is 0 Å². The maximum absolute atomic E-state index is 8.34. The van der Waals surface area contributed by atoms with Crippen molar-refractivity contribution in [2.75, 3.05) is 46.1 Å². The van der Waals surface area contributed by atoms with Crippen molar-refractivity contribution in [2.24, 2.45) is 0 Å². The van der Waals surface area contributed by atoms with Crippen molar-refractivity contribution in [3.05, 3.63) is 0 Å². The lowest BCUT2D eigenvalue weighted by Crippen LogP contribution is -2.44. The predicted octanol–water partition coefficient (Wildman–Crippen LogP) is -1.14. The largest absolute Gasteiger partial charge is 0.371 e. The Labute approximate surface area is 67.1 Å². The van der Waals surface area contributed by atoms with E-state index in [1.807, 2.05) is 0 Å². The van der Waals surface area contributed by atoms with E-state index in [1.54, 1.807) is 0 Å². The van der Waals surface area contributed by atoms with Gasteiger partial charge in [0.1, 0.15) is 6.79 Å². The second-order valence-electron chi connectivity index (χ2n) is 2.63. The maximum atomic E-state index is 8.34. The Morgan fingerprint density at radius 1 is 1.36 bits per heavy atom. The van der Waals surface area contributed by atoms with Crippen LogP contribution in [-0.2, 0) is 4.74 Å². The fourth-order valence-corrected chi connectivity index (χ4v) is 1.19. The highest BCUT2D eigenvalue weighted by Crippen LogP contribution is 1.90. The molecule has 1 fully saturated rings. The quantitative estimate of drug-likeness (QED) is 0.403. The lowest BCUT2D eigenvalue weighted by Gasteiger charge is -2.26. The van der Waals surface area contributed by atoms with Crippen LogP contribution in [0, 0.1) is 0 Å². The minimum absolute atomic E-state index is 0.161. The van der Waals surface area contributed by atoms with Gasteiger partial charge in [0, 0.05) is 32.7 Å². The molecule has 0 radical (unpaired) electrons. The third-order valence-electron chi connectivity index (χ3n) is 1.85. The Bertz CT molecular complexity index is 94.4. The molecule has 0 aromatic rings. The fraction of sp³-hybridized carbons (Fsp3) is 1.00. The number of aliphatic hydroxyl groups is 1. The van der Waals surface area contributed by atoms with Crippen LogP contribution in [0.3, 0.4) is 0 Å². The first-order valence-electron chi connectivity index (χ1n) is 4.05. The third kappa shape index (κ3) is 3.67. The third-order valence-corrected chi connectivity index (χ3v) is 1.85. The number of rotatable bonds is 4. The summed E-state index contributed by atoms with van der Waals surface area (Å²) in [5.41, 5.74) is 0. The van der Waals surface area contributed by atoms with Crippen LogP contribution in [0.25, 0.3) is 0 Å². The minimum atomic E-state index is -0.161. The van der Waals surface area contributed by atoms with Gasteiger partial charge in [-0.25, -0.2) is 0 Å². The second-order valence-corrected chi connectivity index (χ2v) is 2.63. The Hall–Kier alpha value is -0.160. The second kappa shape index (κ2) is 5.49. The van der Waals surface area contributed by atoms with E-state index in [2.05, 4.69) is 10.2 Å². The molecule has 2 N–H and O–H groups in total. The van der Waals surface area contributed by atoms with Crippen molar-refractivity contribution in [2.45, 2.75) is 0 Å². The lowest BCUT2D eigenvalue weighted by molar-refractivity contribution is -0.0107. The van der Waals surface area contributed by atoms with Crippen LogP contribution in [0.5, 0.6) is 0 Å². The van der Waals surface area contributed by atoms with Gasteiger partial charge in [-0.2, -0.15) is 0 Å². The van der Waals surface area contributed by atoms with Gasteiger partial charge in [0.15, 0.2) is 0 Å². The monoisotopic (exact) mass is 160 g/mol. The lowest BCUT2D eigenvalue weighted by atomic mass is 10.4. The van der Waals surface area contributed by atoms with E-state index in [1.165, 1.54) is 0 Å². The van der Waals surface area contributed by atoms with E-state index >= 15 is 0 Å². The van der Waals surface area contributed by atoms with Crippen LogP contribution in [0.1, 0.15) is 0 Å². The summed E-state index contributed by atoms with van der Waals surface area (Å²) in [7, 11) is 0. The minimum Gasteiger partial charge on any atom is -0.371 e. The topological polar surface area (TPSA) is 44.7 Å². The molecule has 0 aromatic heterocycles. The molecule has 66 valence electrons. The van der Waals surface area contributed by atoms with Gasteiger partial charge in [-0.3, -0.25) is 4.90 Å². The van der Waals surface area contributed by atoms with Crippen LogP contribution in [0.2, 0.25) is 0 Å². The van der Waals surface area contributed by atoms with Gasteiger partial charge in [0.05, 0.1) is 6.61 Å². The number of piperazine rings is 1. The molecule has 1 aliphatic heterocycles. The maximum Gasteiger partial charge on any atom is 0.143 e. The molecule has 11 heavy (non-hydrogen) atoms. The molecule has 0 unspecified atom stereocenters. The van der Waals surface area contributed by atoms with Crippen LogP contribution < -0.4 is 5.32 Å². The zero-order chi connectivity index (χ0) is 7.94. The van der Waals surface area contributed by atoms with Crippen molar-refractivity contribution >= 4 is 0 Å². The normalized spacial score (nSPS) is 20.5. The molecule has 1 heterocycles. The molecule has 4 nitrogen and oxygen atoms in total. The molecule has 0 saturated carbocycles. The first kappa shape index (κ1) is 8.93. The van der Waals surface area contributed by atoms with E-state index in [0.717, 1.165) is 32.7 Å². The Kier molecular flexibility index (Phi) is 4.45. The van der Waals surface area contributed by atoms with E-state index in [-0.39, 0.29) is 6.79 Å². The van der Waals surface area contributed by atoms with Gasteiger partial charge in [0.2, 0.25) is 0 Å². The number of ether oxygens (including phenoxy) is 1. The average molecular weight is 160 g/mol. The molecule has 1 saturated heterocycles. The van der Waals surface area contributed by atoms with Gasteiger partial charge in [-0.05, 0) is 0 Å². The molecular weight excluding hydrogens is 144 g/mol. The van der Waals surface area contributed by atoms with Crippen molar-refractivity contribution < 1.29 is 9.84 Å². The van der Waals surface area contributed by atoms with Gasteiger partial charge in [0.25, 0.3) is 0 Å². The summed E-state index contributed by atoms with van der Waals surface area (Å²) >= 11 is 0. The molecule has 1 rings (SSSR count). The summed E-state index contributed by atoms with van der Waals surface area (Å²) in [4.78, 5) is 2.33. The van der Waals surface area contributed by atoms with Crippen molar-refractivity contribution in [3.63, 3.8) is 0 Å². The smallest absolute Gasteiger partial charge is 0.143 e. The summed E-state index contributed by atoms with van der Waals surface area (Å²) in [5.74, 6) is 0. The van der Waals surface area contributed by atoms with Crippen LogP contribution in [-0.4, -0.2) is 56.1 Å². The van der Waals surface area contributed by atoms with E-state index in [4.69, 9.17) is 9.84 Å². The summed E-state index contributed by atoms with van der Waals surface area (Å²) in [6.45, 7) is 5.73. The SMILES string of the molecule is OCOCCN1CCNCC1. The highest BCUT2D eigenvalue weighted by Gasteiger charge is 2.07. The molecule has 0 spiro atoms. The average Bonchev–Trinajstić information content (AvgIpc) is 2.07. The highest BCUT2D eigenvalue weighted by atomic mass is 16.6. The summed E-state index contributed by atoms with van der Waals surface area (Å²) in [6.07, 6.45) is 0. The molecule has 0 aliphatic carbocycles. The van der Waals surface area contributed by atoms with Crippen molar-refractivity contribution in [1.82, 2.24) is 10.2 Å². The van der Waals surface area contributed by atoms with Crippen LogP contribution in [0.4, 0.5) is 0 Å². The Morgan fingerprint density at radius 2 is 2.09 bits per heavy atom. The number of hydrogen-bond donors (Lipinski definition) is 2. The molecule has 0 atom stereocenters. The van der Waals surface area contributed by atoms with Gasteiger partial charge in [-0.15, -0.1) is 0 Å². The first-order chi connectivity index (χ1) is 5.43. The van der Waals surface area contributed by atoms with E-state index < -0.39 is 0 Å². The van der Waals surface area contributed by atoms with Crippen LogP contribution >= 0.6 is 0 Å². The van der Waals surface area contributed by atoms with E-state index in [9.17, 15) is 0 Å². The molecule has 4 heteroatoms. The standard InChI is InChI=1S/C7H16N2O2/c10-7-11-6-5-9-3-1-8-2-4-9/h8,10H,1-7H2. The first-order valence-corrected chi connectivity index (χ1v) is 4.05. The molecule has 0 aromatic carbocycles. The summed E-state index contributed by atoms with van der Waals surface area (Å²) < 4.78 is 4.83. The molecule has 0 bridgehead atoms. The number of nitrogens with one attached hydrogen (secondary N) is 1. The summed E-state index contributed by atoms with van der Waals surface area (Å²) in [5, 5.41) is 11.6. The number of hydrogen-bond acceptors (Lipinski definition) is 4. The highest BCUT2D eigenvalue weighted by molar-refractivity contribution is 4.66. The predicted molar refractivity (Wildman–Crippen MR) is 42.3 cm³/mol.